The zero-order valence-corrected chi connectivity index (χ0v) is 5.52. The largest absolute Gasteiger partial charge is 0.511 e. The zero-order valence-electron chi connectivity index (χ0n) is 5.52. The molecule has 4 nitrogen and oxygen atoms in total. The Morgan fingerprint density at radius 3 is 2.55 bits per heavy atom. The fourth-order valence-corrected chi connectivity index (χ4v) is 0.638. The minimum Gasteiger partial charge on any atom is -0.504 e. The van der Waals surface area contributed by atoms with E-state index in [0.717, 1.165) is 0 Å². The van der Waals surface area contributed by atoms with Crippen molar-refractivity contribution >= 4 is 6.16 Å². The van der Waals surface area contributed by atoms with Crippen LogP contribution in [0.15, 0.2) is 24.3 Å². The van der Waals surface area contributed by atoms with Crippen molar-refractivity contribution in [2.75, 3.05) is 0 Å². The minimum absolute atomic E-state index is 0.0556. The predicted molar refractivity (Wildman–Crippen MR) is 36.8 cm³/mol. The summed E-state index contributed by atoms with van der Waals surface area (Å²) in [6, 6.07) is 5.85. The van der Waals surface area contributed by atoms with Gasteiger partial charge in [-0.05, 0) is 12.1 Å². The number of para-hydroxylation sites is 2. The smallest absolute Gasteiger partial charge is 0.504 e. The average molecular weight is 154 g/mol. The number of phenolic OH excluding ortho intramolecular Hbond substituents is 1. The predicted octanol–water partition coefficient (Wildman–Crippen LogP) is 1.45. The summed E-state index contributed by atoms with van der Waals surface area (Å²) in [7, 11) is 0. The van der Waals surface area contributed by atoms with Gasteiger partial charge in [0, 0.05) is 0 Å². The Hall–Kier alpha value is -1.71. The number of ether oxygens (including phenoxy) is 1. The first-order valence-electron chi connectivity index (χ1n) is 2.89. The molecule has 0 heterocycles. The highest BCUT2D eigenvalue weighted by atomic mass is 16.7. The number of aromatic hydroxyl groups is 1. The molecule has 0 aliphatic heterocycles. The Morgan fingerprint density at radius 1 is 1.36 bits per heavy atom. The molecule has 0 fully saturated rings. The van der Waals surface area contributed by atoms with Crippen LogP contribution >= 0.6 is 0 Å². The summed E-state index contributed by atoms with van der Waals surface area (Å²) in [5.41, 5.74) is 0. The van der Waals surface area contributed by atoms with Gasteiger partial charge in [-0.15, -0.1) is 0 Å². The number of phenols is 1. The van der Waals surface area contributed by atoms with E-state index in [-0.39, 0.29) is 11.5 Å². The van der Waals surface area contributed by atoms with Crippen LogP contribution in [-0.4, -0.2) is 16.4 Å². The maximum absolute atomic E-state index is 9.99. The third-order valence-corrected chi connectivity index (χ3v) is 1.06. The van der Waals surface area contributed by atoms with Crippen molar-refractivity contribution in [3.05, 3.63) is 24.3 Å². The van der Waals surface area contributed by atoms with Gasteiger partial charge in [-0.1, -0.05) is 12.1 Å². The van der Waals surface area contributed by atoms with Gasteiger partial charge in [-0.2, -0.15) is 0 Å². The summed E-state index contributed by atoms with van der Waals surface area (Å²) in [6.45, 7) is 0. The van der Waals surface area contributed by atoms with Gasteiger partial charge in [0.2, 0.25) is 0 Å². The summed E-state index contributed by atoms with van der Waals surface area (Å²) < 4.78 is 4.21. The van der Waals surface area contributed by atoms with Crippen molar-refractivity contribution in [2.24, 2.45) is 0 Å². The molecule has 0 saturated carbocycles. The molecule has 11 heavy (non-hydrogen) atoms. The second kappa shape index (κ2) is 2.92. The molecule has 0 amide bonds. The topological polar surface area (TPSA) is 66.8 Å². The van der Waals surface area contributed by atoms with Crippen molar-refractivity contribution in [3.63, 3.8) is 0 Å². The van der Waals surface area contributed by atoms with E-state index in [9.17, 15) is 4.79 Å². The minimum atomic E-state index is -1.44. The van der Waals surface area contributed by atoms with Crippen LogP contribution in [0, 0.1) is 0 Å². The van der Waals surface area contributed by atoms with E-state index in [4.69, 9.17) is 10.2 Å². The third-order valence-electron chi connectivity index (χ3n) is 1.06. The van der Waals surface area contributed by atoms with Crippen LogP contribution in [-0.2, 0) is 0 Å². The molecule has 0 aliphatic rings. The molecule has 58 valence electrons. The van der Waals surface area contributed by atoms with Crippen molar-refractivity contribution in [1.82, 2.24) is 0 Å². The lowest BCUT2D eigenvalue weighted by Crippen LogP contribution is -2.02. The van der Waals surface area contributed by atoms with E-state index in [1.807, 2.05) is 0 Å². The van der Waals surface area contributed by atoms with Crippen LogP contribution in [0.25, 0.3) is 0 Å². The number of rotatable bonds is 1. The van der Waals surface area contributed by atoms with Gasteiger partial charge in [0.15, 0.2) is 11.5 Å². The molecule has 0 radical (unpaired) electrons. The molecule has 4 heteroatoms. The molecule has 0 bridgehead atoms. The summed E-state index contributed by atoms with van der Waals surface area (Å²) in [4.78, 5) is 9.99. The molecule has 0 saturated heterocycles. The molecule has 0 spiro atoms. The maximum Gasteiger partial charge on any atom is 0.511 e. The van der Waals surface area contributed by atoms with Crippen molar-refractivity contribution in [3.8, 4) is 11.5 Å². The van der Waals surface area contributed by atoms with Crippen molar-refractivity contribution in [1.29, 1.82) is 0 Å². The van der Waals surface area contributed by atoms with Gasteiger partial charge in [0.1, 0.15) is 0 Å². The lowest BCUT2D eigenvalue weighted by Gasteiger charge is -2.00. The van der Waals surface area contributed by atoms with E-state index in [0.29, 0.717) is 0 Å². The highest BCUT2D eigenvalue weighted by Gasteiger charge is 2.03. The highest BCUT2D eigenvalue weighted by molar-refractivity contribution is 5.62. The van der Waals surface area contributed by atoms with Crippen LogP contribution in [0.3, 0.4) is 0 Å². The first kappa shape index (κ1) is 7.40. The van der Waals surface area contributed by atoms with Gasteiger partial charge in [0.05, 0.1) is 0 Å². The fourth-order valence-electron chi connectivity index (χ4n) is 0.638. The number of carbonyl (C=O) groups is 1. The zero-order chi connectivity index (χ0) is 8.27. The summed E-state index contributed by atoms with van der Waals surface area (Å²) in [5.74, 6) is -0.241. The van der Waals surface area contributed by atoms with Gasteiger partial charge in [0.25, 0.3) is 0 Å². The van der Waals surface area contributed by atoms with E-state index in [2.05, 4.69) is 4.74 Å². The first-order valence-corrected chi connectivity index (χ1v) is 2.89. The van der Waals surface area contributed by atoms with Crippen molar-refractivity contribution in [2.45, 2.75) is 0 Å². The fraction of sp³-hybridized carbons (Fsp3) is 0. The average Bonchev–Trinajstić information content (AvgIpc) is 1.93. The lowest BCUT2D eigenvalue weighted by molar-refractivity contribution is 0.143. The van der Waals surface area contributed by atoms with Gasteiger partial charge >= 0.3 is 6.16 Å². The summed E-state index contributed by atoms with van der Waals surface area (Å²) in [5, 5.41) is 17.1. The van der Waals surface area contributed by atoms with Gasteiger partial charge in [-0.3, -0.25) is 0 Å². The molecule has 0 aliphatic carbocycles. The van der Waals surface area contributed by atoms with Crippen LogP contribution < -0.4 is 4.74 Å². The Kier molecular flexibility index (Phi) is 1.96. The van der Waals surface area contributed by atoms with Crippen LogP contribution in [0.2, 0.25) is 0 Å². The van der Waals surface area contributed by atoms with E-state index >= 15 is 0 Å². The van der Waals surface area contributed by atoms with E-state index in [1.54, 1.807) is 12.1 Å². The number of carboxylic acid groups (broad SMARTS) is 1. The molecular formula is C7H6O4. The molecule has 0 aromatic heterocycles. The molecule has 1 aromatic rings. The second-order valence-corrected chi connectivity index (χ2v) is 1.84. The highest BCUT2D eigenvalue weighted by Crippen LogP contribution is 2.23. The molecule has 0 atom stereocenters. The second-order valence-electron chi connectivity index (χ2n) is 1.84. The SMILES string of the molecule is O=C(O)Oc1ccccc1O. The summed E-state index contributed by atoms with van der Waals surface area (Å²) in [6.07, 6.45) is -1.44. The molecule has 1 aromatic carbocycles. The lowest BCUT2D eigenvalue weighted by atomic mass is 10.3. The number of hydrogen-bond donors (Lipinski definition) is 2. The Morgan fingerprint density at radius 2 is 2.00 bits per heavy atom. The molecule has 0 unspecified atom stereocenters. The van der Waals surface area contributed by atoms with E-state index in [1.165, 1.54) is 12.1 Å². The first-order chi connectivity index (χ1) is 5.20. The molecule has 2 N–H and O–H groups in total. The normalized spacial score (nSPS) is 9.09. The van der Waals surface area contributed by atoms with Crippen molar-refractivity contribution < 1.29 is 19.7 Å². The number of hydrogen-bond acceptors (Lipinski definition) is 3. The van der Waals surface area contributed by atoms with Gasteiger partial charge in [-0.25, -0.2) is 4.79 Å². The van der Waals surface area contributed by atoms with Crippen LogP contribution in [0.5, 0.6) is 11.5 Å². The van der Waals surface area contributed by atoms with Gasteiger partial charge < -0.3 is 14.9 Å². The maximum atomic E-state index is 9.99. The van der Waals surface area contributed by atoms with E-state index < -0.39 is 6.16 Å². The number of benzene rings is 1. The van der Waals surface area contributed by atoms with Crippen LogP contribution in [0.1, 0.15) is 0 Å². The molecule has 1 rings (SSSR count). The monoisotopic (exact) mass is 154 g/mol. The van der Waals surface area contributed by atoms with Crippen LogP contribution in [0.4, 0.5) is 4.79 Å². The standard InChI is InChI=1S/C7H6O4/c8-5-3-1-2-4-6(5)11-7(9)10/h1-4,8H,(H,9,10). The Balaban J connectivity index is 2.86. The Labute approximate surface area is 62.7 Å². The third kappa shape index (κ3) is 1.86. The Bertz CT molecular complexity index is 269. The molecular weight excluding hydrogens is 148 g/mol. The quantitative estimate of drug-likeness (QED) is 0.474. The summed E-state index contributed by atoms with van der Waals surface area (Å²) >= 11 is 0.